The van der Waals surface area contributed by atoms with E-state index in [2.05, 4.69) is 26.8 Å². The number of hydrogen-bond acceptors (Lipinski definition) is 6. The van der Waals surface area contributed by atoms with Crippen molar-refractivity contribution in [2.45, 2.75) is 13.3 Å². The van der Waals surface area contributed by atoms with E-state index in [4.69, 9.17) is 4.74 Å². The van der Waals surface area contributed by atoms with E-state index in [1.54, 1.807) is 13.3 Å². The maximum atomic E-state index is 9.61. The van der Waals surface area contributed by atoms with E-state index in [9.17, 15) is 5.11 Å². The first-order valence-corrected chi connectivity index (χ1v) is 7.95. The predicted molar refractivity (Wildman–Crippen MR) is 87.0 cm³/mol. The lowest BCUT2D eigenvalue weighted by Crippen LogP contribution is -2.45. The molecule has 0 aromatic carbocycles. The quantitative estimate of drug-likeness (QED) is 0.804. The molecule has 2 heterocycles. The highest BCUT2D eigenvalue weighted by atomic mass is 16.5. The summed E-state index contributed by atoms with van der Waals surface area (Å²) in [5.74, 6) is 2.60. The summed E-state index contributed by atoms with van der Waals surface area (Å²) < 4.78 is 5.14. The number of aromatic nitrogens is 2. The minimum absolute atomic E-state index is 0.235. The number of likely N-dealkylation sites (N-methyl/N-ethyl adjacent to an activating group) is 1. The number of nitrogens with zero attached hydrogens (tertiary/aromatic N) is 4. The number of rotatable bonds is 7. The van der Waals surface area contributed by atoms with Crippen molar-refractivity contribution < 1.29 is 9.84 Å². The van der Waals surface area contributed by atoms with Crippen LogP contribution in [0.1, 0.15) is 12.2 Å². The number of piperidine rings is 1. The van der Waals surface area contributed by atoms with Gasteiger partial charge in [-0.25, -0.2) is 9.97 Å². The van der Waals surface area contributed by atoms with Crippen LogP contribution in [0.4, 0.5) is 5.82 Å². The normalized spacial score (nSPS) is 22.3. The van der Waals surface area contributed by atoms with Crippen molar-refractivity contribution in [3.8, 4) is 0 Å². The summed E-state index contributed by atoms with van der Waals surface area (Å²) in [4.78, 5) is 13.3. The predicted octanol–water partition coefficient (Wildman–Crippen LogP) is 0.798. The lowest BCUT2D eigenvalue weighted by Gasteiger charge is -2.39. The van der Waals surface area contributed by atoms with Gasteiger partial charge in [0.1, 0.15) is 11.6 Å². The van der Waals surface area contributed by atoms with Gasteiger partial charge in [-0.1, -0.05) is 0 Å². The minimum Gasteiger partial charge on any atom is -0.396 e. The van der Waals surface area contributed by atoms with Crippen molar-refractivity contribution in [3.05, 3.63) is 18.1 Å². The van der Waals surface area contributed by atoms with Crippen LogP contribution in [0.5, 0.6) is 0 Å². The molecule has 0 radical (unpaired) electrons. The monoisotopic (exact) mass is 308 g/mol. The summed E-state index contributed by atoms with van der Waals surface area (Å²) in [7, 11) is 3.86. The highest BCUT2D eigenvalue weighted by Crippen LogP contribution is 2.25. The van der Waals surface area contributed by atoms with Gasteiger partial charge in [0.2, 0.25) is 0 Å². The van der Waals surface area contributed by atoms with E-state index in [0.717, 1.165) is 50.8 Å². The molecule has 22 heavy (non-hydrogen) atoms. The molecule has 2 rings (SSSR count). The van der Waals surface area contributed by atoms with Crippen LogP contribution < -0.4 is 4.90 Å². The van der Waals surface area contributed by atoms with E-state index in [1.165, 1.54) is 0 Å². The second-order valence-electron chi connectivity index (χ2n) is 6.27. The van der Waals surface area contributed by atoms with E-state index in [-0.39, 0.29) is 6.61 Å². The fourth-order valence-electron chi connectivity index (χ4n) is 3.17. The molecule has 0 bridgehead atoms. The summed E-state index contributed by atoms with van der Waals surface area (Å²) in [6, 6.07) is 1.96. The van der Waals surface area contributed by atoms with Gasteiger partial charge in [-0.05, 0) is 38.3 Å². The molecule has 2 atom stereocenters. The number of hydrogen-bond donors (Lipinski definition) is 1. The van der Waals surface area contributed by atoms with Gasteiger partial charge >= 0.3 is 0 Å². The van der Waals surface area contributed by atoms with Crippen LogP contribution in [0, 0.1) is 18.8 Å². The fourth-order valence-corrected chi connectivity index (χ4v) is 3.17. The Morgan fingerprint density at radius 2 is 2.18 bits per heavy atom. The van der Waals surface area contributed by atoms with Crippen LogP contribution in [-0.4, -0.2) is 73.5 Å². The highest BCUT2D eigenvalue weighted by Gasteiger charge is 2.28. The van der Waals surface area contributed by atoms with Gasteiger partial charge in [0.15, 0.2) is 0 Å². The molecule has 0 saturated carbocycles. The molecule has 0 aliphatic carbocycles. The molecule has 1 aliphatic heterocycles. The van der Waals surface area contributed by atoms with E-state index < -0.39 is 0 Å². The lowest BCUT2D eigenvalue weighted by atomic mass is 9.89. The molecule has 1 fully saturated rings. The van der Waals surface area contributed by atoms with E-state index in [1.807, 2.05) is 13.0 Å². The molecule has 1 aromatic rings. The second-order valence-corrected chi connectivity index (χ2v) is 6.27. The third kappa shape index (κ3) is 4.90. The number of aryl methyl sites for hydroxylation is 1. The highest BCUT2D eigenvalue weighted by molar-refractivity contribution is 5.38. The first kappa shape index (κ1) is 17.1. The average molecular weight is 308 g/mol. The number of ether oxygens (including phenoxy) is 1. The zero-order valence-electron chi connectivity index (χ0n) is 13.9. The van der Waals surface area contributed by atoms with Crippen LogP contribution in [-0.2, 0) is 4.74 Å². The molecule has 1 saturated heterocycles. The first-order valence-electron chi connectivity index (χ1n) is 7.95. The smallest absolute Gasteiger partial charge is 0.132 e. The molecule has 6 nitrogen and oxygen atoms in total. The van der Waals surface area contributed by atoms with Gasteiger partial charge in [0.25, 0.3) is 0 Å². The maximum Gasteiger partial charge on any atom is 0.132 e. The zero-order valence-corrected chi connectivity index (χ0v) is 13.9. The van der Waals surface area contributed by atoms with Crippen molar-refractivity contribution in [2.24, 2.45) is 11.8 Å². The third-order valence-corrected chi connectivity index (χ3v) is 4.21. The maximum absolute atomic E-state index is 9.61. The third-order valence-electron chi connectivity index (χ3n) is 4.21. The van der Waals surface area contributed by atoms with Crippen molar-refractivity contribution in [3.63, 3.8) is 0 Å². The molecule has 6 heteroatoms. The van der Waals surface area contributed by atoms with E-state index in [0.29, 0.717) is 11.8 Å². The van der Waals surface area contributed by atoms with E-state index >= 15 is 0 Å². The molecule has 0 amide bonds. The van der Waals surface area contributed by atoms with Crippen LogP contribution in [0.25, 0.3) is 0 Å². The largest absolute Gasteiger partial charge is 0.396 e. The van der Waals surface area contributed by atoms with Gasteiger partial charge in [-0.3, -0.25) is 0 Å². The molecule has 0 spiro atoms. The number of aliphatic hydroxyl groups is 1. The Morgan fingerprint density at radius 3 is 2.86 bits per heavy atom. The Kier molecular flexibility index (Phi) is 6.54. The van der Waals surface area contributed by atoms with Gasteiger partial charge in [-0.15, -0.1) is 0 Å². The van der Waals surface area contributed by atoms with Gasteiger partial charge in [-0.2, -0.15) is 0 Å². The summed E-state index contributed by atoms with van der Waals surface area (Å²) in [6.07, 6.45) is 2.87. The SMILES string of the molecule is COCCN(C)C[C@H]1C[C@H](CO)CN(c2ccnc(C)n2)C1. The summed E-state index contributed by atoms with van der Waals surface area (Å²) in [5.41, 5.74) is 0. The van der Waals surface area contributed by atoms with Crippen LogP contribution >= 0.6 is 0 Å². The van der Waals surface area contributed by atoms with Crippen molar-refractivity contribution >= 4 is 5.82 Å². The fraction of sp³-hybridized carbons (Fsp3) is 0.750. The molecular formula is C16H28N4O2. The summed E-state index contributed by atoms with van der Waals surface area (Å²) >= 11 is 0. The van der Waals surface area contributed by atoms with Gasteiger partial charge in [0.05, 0.1) is 6.61 Å². The number of anilines is 1. The Hall–Kier alpha value is -1.24. The van der Waals surface area contributed by atoms with Crippen molar-refractivity contribution in [1.29, 1.82) is 0 Å². The number of aliphatic hydroxyl groups excluding tert-OH is 1. The van der Waals surface area contributed by atoms with Gasteiger partial charge in [0, 0.05) is 46.1 Å². The molecule has 1 N–H and O–H groups in total. The first-order chi connectivity index (χ1) is 10.6. The Balaban J connectivity index is 2.00. The lowest BCUT2D eigenvalue weighted by molar-refractivity contribution is 0.133. The molecular weight excluding hydrogens is 280 g/mol. The molecule has 124 valence electrons. The molecule has 0 unspecified atom stereocenters. The average Bonchev–Trinajstić information content (AvgIpc) is 2.52. The standard InChI is InChI=1S/C16H28N4O2/c1-13-17-5-4-16(18-13)20-10-14(8-15(11-20)12-21)9-19(2)6-7-22-3/h4-5,14-15,21H,6-12H2,1-3H3/t14-,15+/m1/s1. The van der Waals surface area contributed by atoms with Crippen molar-refractivity contribution in [1.82, 2.24) is 14.9 Å². The molecule has 1 aliphatic rings. The van der Waals surface area contributed by atoms with Crippen LogP contribution in [0.15, 0.2) is 12.3 Å². The summed E-state index contributed by atoms with van der Waals surface area (Å²) in [5, 5.41) is 9.61. The Labute approximate surface area is 133 Å². The van der Waals surface area contributed by atoms with Crippen LogP contribution in [0.3, 0.4) is 0 Å². The molecule has 1 aromatic heterocycles. The topological polar surface area (TPSA) is 61.7 Å². The van der Waals surface area contributed by atoms with Crippen LogP contribution in [0.2, 0.25) is 0 Å². The Bertz CT molecular complexity index is 458. The Morgan fingerprint density at radius 1 is 1.41 bits per heavy atom. The minimum atomic E-state index is 0.235. The van der Waals surface area contributed by atoms with Crippen molar-refractivity contribution in [2.75, 3.05) is 58.5 Å². The van der Waals surface area contributed by atoms with Gasteiger partial charge < -0.3 is 19.6 Å². The summed E-state index contributed by atoms with van der Waals surface area (Å²) in [6.45, 7) is 6.69. The second kappa shape index (κ2) is 8.41. The number of methoxy groups -OCH3 is 1. The zero-order chi connectivity index (χ0) is 15.9.